The highest BCUT2D eigenvalue weighted by Gasteiger charge is 2.07. The molecule has 3 nitrogen and oxygen atoms in total. The van der Waals surface area contributed by atoms with Crippen molar-refractivity contribution in [3.05, 3.63) is 42.7 Å². The first-order valence-electron chi connectivity index (χ1n) is 3.97. The quantitative estimate of drug-likeness (QED) is 0.522. The van der Waals surface area contributed by atoms with Gasteiger partial charge in [-0.2, -0.15) is 0 Å². The highest BCUT2D eigenvalue weighted by Crippen LogP contribution is 2.14. The molecule has 0 saturated heterocycles. The number of pyridine rings is 1. The summed E-state index contributed by atoms with van der Waals surface area (Å²) in [4.78, 5) is 14.7. The van der Waals surface area contributed by atoms with Crippen molar-refractivity contribution in [1.82, 2.24) is 4.98 Å². The molecule has 1 aromatic rings. The van der Waals surface area contributed by atoms with E-state index in [2.05, 4.69) is 11.6 Å². The lowest BCUT2D eigenvalue weighted by Crippen LogP contribution is -2.05. The van der Waals surface area contributed by atoms with Gasteiger partial charge >= 0.3 is 5.97 Å². The van der Waals surface area contributed by atoms with E-state index < -0.39 is 5.97 Å². The van der Waals surface area contributed by atoms with Crippen molar-refractivity contribution in [1.29, 1.82) is 0 Å². The van der Waals surface area contributed by atoms with E-state index in [1.54, 1.807) is 31.5 Å². The van der Waals surface area contributed by atoms with Crippen LogP contribution in [0.5, 0.6) is 0 Å². The minimum absolute atomic E-state index is 0.256. The van der Waals surface area contributed by atoms with Gasteiger partial charge in [0.25, 0.3) is 0 Å². The second kappa shape index (κ2) is 4.40. The minimum Gasteiger partial charge on any atom is -0.455 e. The van der Waals surface area contributed by atoms with Gasteiger partial charge in [0, 0.05) is 18.5 Å². The van der Waals surface area contributed by atoms with Crippen LogP contribution in [0.4, 0.5) is 0 Å². The van der Waals surface area contributed by atoms with Gasteiger partial charge in [-0.3, -0.25) is 4.98 Å². The molecule has 0 spiro atoms. The van der Waals surface area contributed by atoms with Gasteiger partial charge in [0.2, 0.25) is 0 Å². The van der Waals surface area contributed by atoms with Crippen LogP contribution in [0.15, 0.2) is 37.2 Å². The number of carbonyl (C=O) groups excluding carboxylic acids is 1. The third-order valence-corrected chi connectivity index (χ3v) is 1.64. The van der Waals surface area contributed by atoms with Crippen LogP contribution in [0.2, 0.25) is 0 Å². The molecule has 0 aliphatic rings. The van der Waals surface area contributed by atoms with E-state index in [9.17, 15) is 4.79 Å². The van der Waals surface area contributed by atoms with Gasteiger partial charge in [-0.05, 0) is 24.6 Å². The Hall–Kier alpha value is -1.64. The molecule has 3 heteroatoms. The van der Waals surface area contributed by atoms with E-state index >= 15 is 0 Å². The summed E-state index contributed by atoms with van der Waals surface area (Å²) >= 11 is 0. The fourth-order valence-electron chi connectivity index (χ4n) is 0.925. The van der Waals surface area contributed by atoms with Gasteiger partial charge in [0.05, 0.1) is 0 Å². The fourth-order valence-corrected chi connectivity index (χ4v) is 0.925. The fraction of sp³-hybridized carbons (Fsp3) is 0.200. The van der Waals surface area contributed by atoms with Crippen molar-refractivity contribution in [2.24, 2.45) is 0 Å². The van der Waals surface area contributed by atoms with E-state index in [-0.39, 0.29) is 6.10 Å². The third kappa shape index (κ3) is 2.71. The zero-order chi connectivity index (χ0) is 9.68. The van der Waals surface area contributed by atoms with Crippen LogP contribution >= 0.6 is 0 Å². The number of ether oxygens (including phenoxy) is 1. The molecule has 0 aliphatic heterocycles. The van der Waals surface area contributed by atoms with Crippen molar-refractivity contribution in [3.63, 3.8) is 0 Å². The molecule has 0 aliphatic carbocycles. The molecule has 0 N–H and O–H groups in total. The van der Waals surface area contributed by atoms with Gasteiger partial charge in [-0.15, -0.1) is 0 Å². The summed E-state index contributed by atoms with van der Waals surface area (Å²) in [6.45, 7) is 5.12. The van der Waals surface area contributed by atoms with E-state index in [1.807, 2.05) is 0 Å². The SMILES string of the molecule is C=CC(=O)OC(C)c1ccncc1. The summed E-state index contributed by atoms with van der Waals surface area (Å²) in [5.41, 5.74) is 0.921. The summed E-state index contributed by atoms with van der Waals surface area (Å²) in [6.07, 6.45) is 4.22. The molecule has 0 fully saturated rings. The maximum Gasteiger partial charge on any atom is 0.330 e. The molecule has 0 bridgehead atoms. The Morgan fingerprint density at radius 3 is 2.77 bits per heavy atom. The van der Waals surface area contributed by atoms with Gasteiger partial charge < -0.3 is 4.74 Å². The van der Waals surface area contributed by atoms with Crippen molar-refractivity contribution in [3.8, 4) is 0 Å². The zero-order valence-electron chi connectivity index (χ0n) is 7.43. The van der Waals surface area contributed by atoms with Gasteiger partial charge in [0.15, 0.2) is 0 Å². The lowest BCUT2D eigenvalue weighted by molar-refractivity contribution is -0.142. The first kappa shape index (κ1) is 9.45. The molecule has 68 valence electrons. The van der Waals surface area contributed by atoms with Crippen molar-refractivity contribution in [2.45, 2.75) is 13.0 Å². The van der Waals surface area contributed by atoms with Crippen LogP contribution in [0.25, 0.3) is 0 Å². The number of carbonyl (C=O) groups is 1. The van der Waals surface area contributed by atoms with Crippen LogP contribution in [-0.4, -0.2) is 11.0 Å². The summed E-state index contributed by atoms with van der Waals surface area (Å²) in [5.74, 6) is -0.413. The second-order valence-corrected chi connectivity index (χ2v) is 2.56. The monoisotopic (exact) mass is 177 g/mol. The van der Waals surface area contributed by atoms with Gasteiger partial charge in [0.1, 0.15) is 6.10 Å². The number of rotatable bonds is 3. The smallest absolute Gasteiger partial charge is 0.330 e. The van der Waals surface area contributed by atoms with E-state index in [0.717, 1.165) is 11.6 Å². The molecule has 1 rings (SSSR count). The van der Waals surface area contributed by atoms with Gasteiger partial charge in [-0.1, -0.05) is 6.58 Å². The maximum atomic E-state index is 10.8. The van der Waals surface area contributed by atoms with E-state index in [0.29, 0.717) is 0 Å². The van der Waals surface area contributed by atoms with Gasteiger partial charge in [-0.25, -0.2) is 4.79 Å². The van der Waals surface area contributed by atoms with E-state index in [4.69, 9.17) is 4.74 Å². The number of aromatic nitrogens is 1. The zero-order valence-corrected chi connectivity index (χ0v) is 7.43. The molecule has 13 heavy (non-hydrogen) atoms. The largest absolute Gasteiger partial charge is 0.455 e. The molecular formula is C10H11NO2. The molecule has 0 saturated carbocycles. The predicted octanol–water partition coefficient (Wildman–Crippen LogP) is 1.87. The van der Waals surface area contributed by atoms with Crippen molar-refractivity contribution >= 4 is 5.97 Å². The Balaban J connectivity index is 2.63. The molecule has 1 heterocycles. The van der Waals surface area contributed by atoms with Crippen LogP contribution < -0.4 is 0 Å². The van der Waals surface area contributed by atoms with Crippen LogP contribution in [0, 0.1) is 0 Å². The molecular weight excluding hydrogens is 166 g/mol. The molecule has 0 aromatic carbocycles. The Morgan fingerprint density at radius 1 is 1.62 bits per heavy atom. The first-order chi connectivity index (χ1) is 6.24. The highest BCUT2D eigenvalue weighted by atomic mass is 16.5. The topological polar surface area (TPSA) is 39.2 Å². The number of hydrogen-bond donors (Lipinski definition) is 0. The Labute approximate surface area is 77.1 Å². The summed E-state index contributed by atoms with van der Waals surface area (Å²) in [6, 6.07) is 3.61. The standard InChI is InChI=1S/C10H11NO2/c1-3-10(12)13-8(2)9-4-6-11-7-5-9/h3-8H,1H2,2H3. The maximum absolute atomic E-state index is 10.8. The van der Waals surface area contributed by atoms with Crippen LogP contribution in [0.1, 0.15) is 18.6 Å². The summed E-state index contributed by atoms with van der Waals surface area (Å²) < 4.78 is 5.00. The van der Waals surface area contributed by atoms with Crippen LogP contribution in [0.3, 0.4) is 0 Å². The minimum atomic E-state index is -0.413. The van der Waals surface area contributed by atoms with Crippen molar-refractivity contribution in [2.75, 3.05) is 0 Å². The normalized spacial score (nSPS) is 11.8. The molecule has 1 atom stereocenters. The number of nitrogens with zero attached hydrogens (tertiary/aromatic N) is 1. The predicted molar refractivity (Wildman–Crippen MR) is 48.9 cm³/mol. The highest BCUT2D eigenvalue weighted by molar-refractivity contribution is 5.81. The summed E-state index contributed by atoms with van der Waals surface area (Å²) in [5, 5.41) is 0. The Kier molecular flexibility index (Phi) is 3.20. The second-order valence-electron chi connectivity index (χ2n) is 2.56. The molecule has 0 radical (unpaired) electrons. The summed E-state index contributed by atoms with van der Waals surface area (Å²) in [7, 11) is 0. The Morgan fingerprint density at radius 2 is 2.23 bits per heavy atom. The lowest BCUT2D eigenvalue weighted by Gasteiger charge is -2.11. The molecule has 1 aromatic heterocycles. The van der Waals surface area contributed by atoms with Crippen LogP contribution in [-0.2, 0) is 9.53 Å². The average Bonchev–Trinajstić information content (AvgIpc) is 2.19. The van der Waals surface area contributed by atoms with Crippen molar-refractivity contribution < 1.29 is 9.53 Å². The lowest BCUT2D eigenvalue weighted by atomic mass is 10.2. The first-order valence-corrected chi connectivity index (χ1v) is 3.97. The molecule has 0 amide bonds. The average molecular weight is 177 g/mol. The van der Waals surface area contributed by atoms with E-state index in [1.165, 1.54) is 0 Å². The molecule has 1 unspecified atom stereocenters. The number of esters is 1. The Bertz CT molecular complexity index is 295. The third-order valence-electron chi connectivity index (χ3n) is 1.64. The number of hydrogen-bond acceptors (Lipinski definition) is 3.